The highest BCUT2D eigenvalue weighted by molar-refractivity contribution is 9.10. The molecule has 0 unspecified atom stereocenters. The van der Waals surface area contributed by atoms with Crippen molar-refractivity contribution in [1.82, 2.24) is 0 Å². The third kappa shape index (κ3) is 1.62. The Labute approximate surface area is 91.9 Å². The summed E-state index contributed by atoms with van der Waals surface area (Å²) in [6, 6.07) is 8.11. The SMILES string of the molecule is Cc1cc(Br)cc(C)c1-c1ccco1. The molecule has 1 nitrogen and oxygen atoms in total. The first-order valence-corrected chi connectivity index (χ1v) is 5.28. The van der Waals surface area contributed by atoms with E-state index in [4.69, 9.17) is 4.42 Å². The molecule has 0 aliphatic rings. The molecule has 2 rings (SSSR count). The van der Waals surface area contributed by atoms with Crippen molar-refractivity contribution in [2.45, 2.75) is 13.8 Å². The second-order valence-corrected chi connectivity index (χ2v) is 4.31. The van der Waals surface area contributed by atoms with E-state index in [1.165, 1.54) is 16.7 Å². The van der Waals surface area contributed by atoms with Crippen LogP contribution in [0.5, 0.6) is 0 Å². The van der Waals surface area contributed by atoms with Crippen molar-refractivity contribution < 1.29 is 4.42 Å². The van der Waals surface area contributed by atoms with E-state index in [-0.39, 0.29) is 0 Å². The molecule has 0 saturated carbocycles. The molecule has 0 spiro atoms. The van der Waals surface area contributed by atoms with Crippen LogP contribution in [0.4, 0.5) is 0 Å². The lowest BCUT2D eigenvalue weighted by Gasteiger charge is -2.07. The van der Waals surface area contributed by atoms with Gasteiger partial charge in [-0.2, -0.15) is 0 Å². The molecule has 0 radical (unpaired) electrons. The van der Waals surface area contributed by atoms with E-state index in [1.807, 2.05) is 12.1 Å². The van der Waals surface area contributed by atoms with Crippen molar-refractivity contribution in [2.75, 3.05) is 0 Å². The maximum absolute atomic E-state index is 5.41. The number of rotatable bonds is 1. The van der Waals surface area contributed by atoms with Crippen LogP contribution < -0.4 is 0 Å². The summed E-state index contributed by atoms with van der Waals surface area (Å²) >= 11 is 3.48. The fraction of sp³-hybridized carbons (Fsp3) is 0.167. The Hall–Kier alpha value is -1.02. The fourth-order valence-electron chi connectivity index (χ4n) is 1.72. The van der Waals surface area contributed by atoms with Gasteiger partial charge in [0.05, 0.1) is 6.26 Å². The molecule has 0 amide bonds. The fourth-order valence-corrected chi connectivity index (χ4v) is 2.41. The first kappa shape index (κ1) is 9.53. The van der Waals surface area contributed by atoms with E-state index in [2.05, 4.69) is 41.9 Å². The highest BCUT2D eigenvalue weighted by Gasteiger charge is 2.08. The Morgan fingerprint density at radius 1 is 1.14 bits per heavy atom. The number of aryl methyl sites for hydroxylation is 2. The molecule has 2 heteroatoms. The smallest absolute Gasteiger partial charge is 0.134 e. The minimum atomic E-state index is 0.938. The van der Waals surface area contributed by atoms with Gasteiger partial charge in [0.2, 0.25) is 0 Å². The van der Waals surface area contributed by atoms with Crippen LogP contribution in [0.1, 0.15) is 11.1 Å². The molecular weight excluding hydrogens is 240 g/mol. The molecule has 1 aromatic carbocycles. The van der Waals surface area contributed by atoms with E-state index in [0.717, 1.165) is 10.2 Å². The van der Waals surface area contributed by atoms with Crippen LogP contribution in [0, 0.1) is 13.8 Å². The van der Waals surface area contributed by atoms with Crippen LogP contribution >= 0.6 is 15.9 Å². The van der Waals surface area contributed by atoms with Crippen LogP contribution in [0.2, 0.25) is 0 Å². The van der Waals surface area contributed by atoms with Gasteiger partial charge < -0.3 is 4.42 Å². The van der Waals surface area contributed by atoms with E-state index >= 15 is 0 Å². The molecule has 0 aliphatic carbocycles. The Balaban J connectivity index is 2.64. The van der Waals surface area contributed by atoms with Gasteiger partial charge in [0.15, 0.2) is 0 Å². The summed E-state index contributed by atoms with van der Waals surface area (Å²) in [5.41, 5.74) is 3.65. The number of halogens is 1. The molecule has 0 aliphatic heterocycles. The second-order valence-electron chi connectivity index (χ2n) is 3.39. The summed E-state index contributed by atoms with van der Waals surface area (Å²) in [4.78, 5) is 0. The van der Waals surface area contributed by atoms with E-state index in [1.54, 1.807) is 6.26 Å². The highest BCUT2D eigenvalue weighted by atomic mass is 79.9. The zero-order valence-corrected chi connectivity index (χ0v) is 9.76. The maximum atomic E-state index is 5.41. The van der Waals surface area contributed by atoms with Crippen molar-refractivity contribution in [1.29, 1.82) is 0 Å². The van der Waals surface area contributed by atoms with Gasteiger partial charge in [-0.05, 0) is 49.2 Å². The van der Waals surface area contributed by atoms with Gasteiger partial charge in [-0.1, -0.05) is 15.9 Å². The van der Waals surface area contributed by atoms with Gasteiger partial charge in [0.25, 0.3) is 0 Å². The third-order valence-corrected chi connectivity index (χ3v) is 2.72. The summed E-state index contributed by atoms with van der Waals surface area (Å²) in [6.07, 6.45) is 1.70. The Morgan fingerprint density at radius 2 is 1.79 bits per heavy atom. The molecule has 2 aromatic rings. The van der Waals surface area contributed by atoms with E-state index in [0.29, 0.717) is 0 Å². The monoisotopic (exact) mass is 250 g/mol. The number of hydrogen-bond acceptors (Lipinski definition) is 1. The van der Waals surface area contributed by atoms with E-state index < -0.39 is 0 Å². The largest absolute Gasteiger partial charge is 0.464 e. The van der Waals surface area contributed by atoms with Gasteiger partial charge >= 0.3 is 0 Å². The van der Waals surface area contributed by atoms with Gasteiger partial charge in [-0.3, -0.25) is 0 Å². The Morgan fingerprint density at radius 3 is 2.29 bits per heavy atom. The average Bonchev–Trinajstić information content (AvgIpc) is 2.54. The molecule has 1 heterocycles. The minimum Gasteiger partial charge on any atom is -0.464 e. The normalized spacial score (nSPS) is 10.5. The molecule has 0 N–H and O–H groups in total. The zero-order chi connectivity index (χ0) is 10.1. The van der Waals surface area contributed by atoms with Crippen molar-refractivity contribution in [3.05, 3.63) is 46.1 Å². The van der Waals surface area contributed by atoms with Crippen LogP contribution in [0.3, 0.4) is 0 Å². The van der Waals surface area contributed by atoms with Crippen LogP contribution in [-0.2, 0) is 0 Å². The first-order chi connectivity index (χ1) is 6.68. The maximum Gasteiger partial charge on any atom is 0.134 e. The van der Waals surface area contributed by atoms with Crippen molar-refractivity contribution in [3.63, 3.8) is 0 Å². The summed E-state index contributed by atoms with van der Waals surface area (Å²) in [7, 11) is 0. The third-order valence-electron chi connectivity index (χ3n) is 2.27. The predicted molar refractivity (Wildman–Crippen MR) is 61.3 cm³/mol. The standard InChI is InChI=1S/C12H11BrO/c1-8-6-10(13)7-9(2)12(8)11-4-3-5-14-11/h3-7H,1-2H3. The average molecular weight is 251 g/mol. The van der Waals surface area contributed by atoms with Gasteiger partial charge in [-0.25, -0.2) is 0 Å². The number of furan rings is 1. The number of benzene rings is 1. The summed E-state index contributed by atoms with van der Waals surface area (Å²) < 4.78 is 6.52. The lowest BCUT2D eigenvalue weighted by molar-refractivity contribution is 0.581. The molecule has 0 bridgehead atoms. The van der Waals surface area contributed by atoms with Crippen LogP contribution in [-0.4, -0.2) is 0 Å². The van der Waals surface area contributed by atoms with Crippen LogP contribution in [0.25, 0.3) is 11.3 Å². The zero-order valence-electron chi connectivity index (χ0n) is 8.17. The van der Waals surface area contributed by atoms with Gasteiger partial charge in [-0.15, -0.1) is 0 Å². The topological polar surface area (TPSA) is 13.1 Å². The highest BCUT2D eigenvalue weighted by Crippen LogP contribution is 2.30. The van der Waals surface area contributed by atoms with Crippen molar-refractivity contribution in [3.8, 4) is 11.3 Å². The first-order valence-electron chi connectivity index (χ1n) is 4.49. The van der Waals surface area contributed by atoms with Crippen LogP contribution in [0.15, 0.2) is 39.4 Å². The lowest BCUT2D eigenvalue weighted by atomic mass is 10.0. The van der Waals surface area contributed by atoms with Gasteiger partial charge in [0.1, 0.15) is 5.76 Å². The summed E-state index contributed by atoms with van der Waals surface area (Å²) in [5, 5.41) is 0. The Bertz CT molecular complexity index is 420. The van der Waals surface area contributed by atoms with Crippen molar-refractivity contribution >= 4 is 15.9 Å². The minimum absolute atomic E-state index is 0.938. The quantitative estimate of drug-likeness (QED) is 0.735. The molecule has 14 heavy (non-hydrogen) atoms. The molecular formula is C12H11BrO. The predicted octanol–water partition coefficient (Wildman–Crippen LogP) is 4.33. The van der Waals surface area contributed by atoms with E-state index in [9.17, 15) is 0 Å². The molecule has 0 fully saturated rings. The second kappa shape index (κ2) is 3.62. The summed E-state index contributed by atoms with van der Waals surface area (Å²) in [6.45, 7) is 4.19. The summed E-state index contributed by atoms with van der Waals surface area (Å²) in [5.74, 6) is 0.938. The molecule has 1 aromatic heterocycles. The lowest BCUT2D eigenvalue weighted by Crippen LogP contribution is -1.86. The molecule has 72 valence electrons. The number of hydrogen-bond donors (Lipinski definition) is 0. The Kier molecular flexibility index (Phi) is 2.46. The molecule has 0 atom stereocenters. The van der Waals surface area contributed by atoms with Gasteiger partial charge in [0, 0.05) is 10.0 Å². The molecule has 0 saturated heterocycles. The van der Waals surface area contributed by atoms with Crippen molar-refractivity contribution in [2.24, 2.45) is 0 Å².